The van der Waals surface area contributed by atoms with Gasteiger partial charge in [-0.05, 0) is 29.3 Å². The van der Waals surface area contributed by atoms with Crippen LogP contribution >= 0.6 is 0 Å². The minimum absolute atomic E-state index is 0.254. The van der Waals surface area contributed by atoms with E-state index < -0.39 is 0 Å². The number of rotatable bonds is 8. The molecule has 0 radical (unpaired) electrons. The zero-order valence-corrected chi connectivity index (χ0v) is 14.8. The molecule has 3 heteroatoms. The van der Waals surface area contributed by atoms with Crippen molar-refractivity contribution in [2.75, 3.05) is 6.61 Å². The largest absolute Gasteiger partial charge is 0.489 e. The maximum Gasteiger partial charge on any atom is 0.162 e. The number of hydrogen-bond acceptors (Lipinski definition) is 3. The second-order valence-corrected chi connectivity index (χ2v) is 6.22. The highest BCUT2D eigenvalue weighted by Gasteiger charge is 2.11. The van der Waals surface area contributed by atoms with E-state index in [9.17, 15) is 4.79 Å². The molecular formula is C23H22O3. The zero-order valence-electron chi connectivity index (χ0n) is 14.8. The van der Waals surface area contributed by atoms with Crippen molar-refractivity contribution in [1.82, 2.24) is 0 Å². The molecule has 0 fully saturated rings. The molecule has 3 nitrogen and oxygen atoms in total. The van der Waals surface area contributed by atoms with Crippen molar-refractivity contribution in [3.63, 3.8) is 0 Å². The van der Waals surface area contributed by atoms with Gasteiger partial charge in [0, 0.05) is 11.5 Å². The SMILES string of the molecule is CC(COc1ccc(C=O)cc1OCc1ccccc1)c1ccccc1. The topological polar surface area (TPSA) is 35.5 Å². The molecule has 3 aromatic rings. The molecule has 0 amide bonds. The van der Waals surface area contributed by atoms with Crippen LogP contribution in [-0.4, -0.2) is 12.9 Å². The monoisotopic (exact) mass is 346 g/mol. The average molecular weight is 346 g/mol. The van der Waals surface area contributed by atoms with Gasteiger partial charge in [-0.1, -0.05) is 67.6 Å². The molecule has 0 saturated carbocycles. The van der Waals surface area contributed by atoms with Crippen LogP contribution < -0.4 is 9.47 Å². The minimum Gasteiger partial charge on any atom is -0.489 e. The van der Waals surface area contributed by atoms with Crippen LogP contribution in [0.4, 0.5) is 0 Å². The Hall–Kier alpha value is -3.07. The zero-order chi connectivity index (χ0) is 18.2. The van der Waals surface area contributed by atoms with Crippen molar-refractivity contribution in [3.8, 4) is 11.5 Å². The summed E-state index contributed by atoms with van der Waals surface area (Å²) in [5.41, 5.74) is 2.85. The summed E-state index contributed by atoms with van der Waals surface area (Å²) >= 11 is 0. The van der Waals surface area contributed by atoms with E-state index in [0.717, 1.165) is 11.8 Å². The summed E-state index contributed by atoms with van der Waals surface area (Å²) in [6, 6.07) is 25.4. The summed E-state index contributed by atoms with van der Waals surface area (Å²) in [6.07, 6.45) is 0.811. The van der Waals surface area contributed by atoms with Crippen LogP contribution in [0.2, 0.25) is 0 Å². The molecule has 0 N–H and O–H groups in total. The van der Waals surface area contributed by atoms with Crippen LogP contribution in [-0.2, 0) is 6.61 Å². The predicted octanol–water partition coefficient (Wildman–Crippen LogP) is 5.26. The lowest BCUT2D eigenvalue weighted by Gasteiger charge is -2.17. The van der Waals surface area contributed by atoms with Crippen molar-refractivity contribution in [2.45, 2.75) is 19.4 Å². The smallest absolute Gasteiger partial charge is 0.162 e. The fourth-order valence-electron chi connectivity index (χ4n) is 2.66. The predicted molar refractivity (Wildman–Crippen MR) is 103 cm³/mol. The van der Waals surface area contributed by atoms with E-state index in [1.54, 1.807) is 18.2 Å². The molecule has 3 rings (SSSR count). The van der Waals surface area contributed by atoms with Gasteiger partial charge in [-0.15, -0.1) is 0 Å². The first-order valence-electron chi connectivity index (χ1n) is 8.70. The van der Waals surface area contributed by atoms with E-state index in [1.807, 2.05) is 48.5 Å². The van der Waals surface area contributed by atoms with Gasteiger partial charge < -0.3 is 9.47 Å². The lowest BCUT2D eigenvalue weighted by Crippen LogP contribution is -2.08. The van der Waals surface area contributed by atoms with E-state index in [0.29, 0.717) is 30.3 Å². The number of carbonyl (C=O) groups is 1. The summed E-state index contributed by atoms with van der Waals surface area (Å²) < 4.78 is 11.9. The molecule has 1 unspecified atom stereocenters. The molecule has 0 spiro atoms. The van der Waals surface area contributed by atoms with Crippen molar-refractivity contribution in [2.24, 2.45) is 0 Å². The van der Waals surface area contributed by atoms with Gasteiger partial charge >= 0.3 is 0 Å². The Morgan fingerprint density at radius 1 is 0.846 bits per heavy atom. The van der Waals surface area contributed by atoms with E-state index >= 15 is 0 Å². The summed E-state index contributed by atoms with van der Waals surface area (Å²) in [5.74, 6) is 1.48. The van der Waals surface area contributed by atoms with E-state index in [4.69, 9.17) is 9.47 Å². The lowest BCUT2D eigenvalue weighted by atomic mass is 10.0. The van der Waals surface area contributed by atoms with Crippen LogP contribution in [0.1, 0.15) is 34.3 Å². The van der Waals surface area contributed by atoms with Crippen LogP contribution in [0.3, 0.4) is 0 Å². The van der Waals surface area contributed by atoms with Gasteiger partial charge in [0.05, 0.1) is 6.61 Å². The Balaban J connectivity index is 1.70. The molecule has 3 aromatic carbocycles. The van der Waals surface area contributed by atoms with Crippen molar-refractivity contribution < 1.29 is 14.3 Å². The second-order valence-electron chi connectivity index (χ2n) is 6.22. The number of aldehydes is 1. The van der Waals surface area contributed by atoms with Gasteiger partial charge in [0.1, 0.15) is 12.9 Å². The number of hydrogen-bond donors (Lipinski definition) is 0. The highest BCUT2D eigenvalue weighted by Crippen LogP contribution is 2.30. The van der Waals surface area contributed by atoms with E-state index in [2.05, 4.69) is 19.1 Å². The van der Waals surface area contributed by atoms with E-state index in [1.165, 1.54) is 5.56 Å². The van der Waals surface area contributed by atoms with Crippen molar-refractivity contribution >= 4 is 6.29 Å². The maximum atomic E-state index is 11.1. The molecule has 0 aliphatic carbocycles. The molecule has 0 bridgehead atoms. The quantitative estimate of drug-likeness (QED) is 0.522. The Bertz CT molecular complexity index is 829. The summed E-state index contributed by atoms with van der Waals surface area (Å²) in [6.45, 7) is 3.08. The van der Waals surface area contributed by atoms with Crippen LogP contribution in [0.5, 0.6) is 11.5 Å². The van der Waals surface area contributed by atoms with Gasteiger partial charge in [-0.2, -0.15) is 0 Å². The van der Waals surface area contributed by atoms with Gasteiger partial charge in [0.15, 0.2) is 11.5 Å². The van der Waals surface area contributed by atoms with E-state index in [-0.39, 0.29) is 5.92 Å². The number of carbonyl (C=O) groups excluding carboxylic acids is 1. The third-order valence-corrected chi connectivity index (χ3v) is 4.20. The van der Waals surface area contributed by atoms with Crippen molar-refractivity contribution in [3.05, 3.63) is 95.6 Å². The Morgan fingerprint density at radius 2 is 1.54 bits per heavy atom. The van der Waals surface area contributed by atoms with Crippen LogP contribution in [0.15, 0.2) is 78.9 Å². The Morgan fingerprint density at radius 3 is 2.23 bits per heavy atom. The normalized spacial score (nSPS) is 11.6. The van der Waals surface area contributed by atoms with Crippen LogP contribution in [0.25, 0.3) is 0 Å². The second kappa shape index (κ2) is 8.86. The highest BCUT2D eigenvalue weighted by atomic mass is 16.5. The standard InChI is InChI=1S/C23H22O3/c1-18(21-10-6-3-7-11-21)16-25-22-13-12-20(15-24)14-23(22)26-17-19-8-4-2-5-9-19/h2-15,18H,16-17H2,1H3. The fourth-order valence-corrected chi connectivity index (χ4v) is 2.66. The molecule has 0 heterocycles. The Kier molecular flexibility index (Phi) is 6.05. The third kappa shape index (κ3) is 4.73. The molecule has 0 aliphatic heterocycles. The van der Waals surface area contributed by atoms with Gasteiger partial charge in [0.2, 0.25) is 0 Å². The first kappa shape index (κ1) is 17.7. The van der Waals surface area contributed by atoms with Crippen LogP contribution in [0, 0.1) is 0 Å². The first-order valence-corrected chi connectivity index (χ1v) is 8.70. The summed E-state index contributed by atoms with van der Waals surface area (Å²) in [7, 11) is 0. The number of ether oxygens (including phenoxy) is 2. The van der Waals surface area contributed by atoms with Gasteiger partial charge in [0.25, 0.3) is 0 Å². The molecule has 0 saturated heterocycles. The molecule has 1 atom stereocenters. The minimum atomic E-state index is 0.254. The summed E-state index contributed by atoms with van der Waals surface area (Å²) in [5, 5.41) is 0. The van der Waals surface area contributed by atoms with Crippen molar-refractivity contribution in [1.29, 1.82) is 0 Å². The molecule has 132 valence electrons. The Labute approximate surface area is 154 Å². The van der Waals surface area contributed by atoms with Gasteiger partial charge in [-0.25, -0.2) is 0 Å². The molecular weight excluding hydrogens is 324 g/mol. The third-order valence-electron chi connectivity index (χ3n) is 4.20. The lowest BCUT2D eigenvalue weighted by molar-refractivity contribution is 0.112. The molecule has 0 aliphatic rings. The molecule has 26 heavy (non-hydrogen) atoms. The highest BCUT2D eigenvalue weighted by molar-refractivity contribution is 5.76. The summed E-state index contributed by atoms with van der Waals surface area (Å²) in [4.78, 5) is 11.1. The average Bonchev–Trinajstić information content (AvgIpc) is 2.72. The first-order chi connectivity index (χ1) is 12.8. The number of benzene rings is 3. The molecule has 0 aromatic heterocycles. The maximum absolute atomic E-state index is 11.1. The fraction of sp³-hybridized carbons (Fsp3) is 0.174. The van der Waals surface area contributed by atoms with Gasteiger partial charge in [-0.3, -0.25) is 4.79 Å².